The predicted molar refractivity (Wildman–Crippen MR) is 101 cm³/mol. The normalized spacial score (nSPS) is 22.1. The van der Waals surface area contributed by atoms with Gasteiger partial charge in [0.05, 0.1) is 22.9 Å². The van der Waals surface area contributed by atoms with Crippen LogP contribution in [-0.2, 0) is 20.3 Å². The molecule has 0 aliphatic carbocycles. The summed E-state index contributed by atoms with van der Waals surface area (Å²) in [6.45, 7) is 1.73. The zero-order valence-electron chi connectivity index (χ0n) is 15.1. The largest absolute Gasteiger partial charge is 0.383 e. The lowest BCUT2D eigenvalue weighted by molar-refractivity contribution is -0.131. The van der Waals surface area contributed by atoms with Crippen molar-refractivity contribution < 1.29 is 18.5 Å². The second kappa shape index (κ2) is 7.05. The Morgan fingerprint density at radius 3 is 2.81 bits per heavy atom. The van der Waals surface area contributed by atoms with Crippen LogP contribution in [0.4, 0.5) is 0 Å². The first-order chi connectivity index (χ1) is 13.1. The lowest BCUT2D eigenvalue weighted by atomic mass is 10.0. The smallest absolute Gasteiger partial charge is 0.274 e. The molecule has 1 N–H and O–H groups in total. The van der Waals surface area contributed by atoms with E-state index in [9.17, 15) is 13.8 Å². The van der Waals surface area contributed by atoms with Crippen LogP contribution in [0.2, 0.25) is 0 Å². The van der Waals surface area contributed by atoms with E-state index in [0.717, 1.165) is 10.9 Å². The Labute approximate surface area is 159 Å². The van der Waals surface area contributed by atoms with Crippen LogP contribution in [0.25, 0.3) is 10.9 Å². The molecule has 9 heteroatoms. The first-order valence-electron chi connectivity index (χ1n) is 8.97. The highest BCUT2D eigenvalue weighted by atomic mass is 32.2. The number of nitrogens with zero attached hydrogens (tertiary/aromatic N) is 3. The molecule has 1 unspecified atom stereocenters. The first-order valence-corrected chi connectivity index (χ1v) is 10.3. The molecule has 1 aromatic carbocycles. The zero-order valence-corrected chi connectivity index (χ0v) is 16.0. The molecule has 2 fully saturated rings. The van der Waals surface area contributed by atoms with Gasteiger partial charge in [0.2, 0.25) is 5.91 Å². The first kappa shape index (κ1) is 18.1. The average molecular weight is 390 g/mol. The van der Waals surface area contributed by atoms with E-state index in [1.54, 1.807) is 16.9 Å². The number of carbonyl (C=O) groups excluding carboxylic acids is 2. The molecular formula is C18H22N4O4S. The van der Waals surface area contributed by atoms with Gasteiger partial charge in [-0.25, -0.2) is 0 Å². The molecule has 1 atom stereocenters. The van der Waals surface area contributed by atoms with E-state index < -0.39 is 15.7 Å². The standard InChI is InChI=1S/C18H22N4O4S/c1-26-11-10-22-15(23)12-27(25)18(22)6-8-21(9-7-18)17(24)16-13-4-2-3-5-14(13)19-20-16/h2-5H,6-12H2,1H3,(H,19,20). The zero-order chi connectivity index (χ0) is 19.0. The summed E-state index contributed by atoms with van der Waals surface area (Å²) >= 11 is 0. The molecular weight excluding hydrogens is 368 g/mol. The van der Waals surface area contributed by atoms with Gasteiger partial charge in [-0.3, -0.25) is 18.9 Å². The molecule has 144 valence electrons. The van der Waals surface area contributed by atoms with Crippen LogP contribution in [0.5, 0.6) is 0 Å². The number of aromatic amines is 1. The van der Waals surface area contributed by atoms with Crippen LogP contribution < -0.4 is 0 Å². The van der Waals surface area contributed by atoms with E-state index in [4.69, 9.17) is 4.74 Å². The topological polar surface area (TPSA) is 95.6 Å². The van der Waals surface area contributed by atoms with Crippen LogP contribution in [0, 0.1) is 0 Å². The fourth-order valence-electron chi connectivity index (χ4n) is 4.02. The maximum absolute atomic E-state index is 12.9. The van der Waals surface area contributed by atoms with Crippen molar-refractivity contribution in [2.24, 2.45) is 0 Å². The quantitative estimate of drug-likeness (QED) is 0.831. The predicted octanol–water partition coefficient (Wildman–Crippen LogP) is 0.733. The maximum atomic E-state index is 12.9. The number of amides is 2. The number of methoxy groups -OCH3 is 1. The molecule has 4 rings (SSSR count). The number of hydrogen-bond acceptors (Lipinski definition) is 5. The third kappa shape index (κ3) is 2.94. The molecule has 0 saturated carbocycles. The van der Waals surface area contributed by atoms with Crippen LogP contribution in [-0.4, -0.2) is 80.0 Å². The summed E-state index contributed by atoms with van der Waals surface area (Å²) in [5.41, 5.74) is 1.23. The maximum Gasteiger partial charge on any atom is 0.274 e. The number of ether oxygens (including phenoxy) is 1. The van der Waals surface area contributed by atoms with Gasteiger partial charge >= 0.3 is 0 Å². The summed E-state index contributed by atoms with van der Waals surface area (Å²) in [6.07, 6.45) is 1.01. The Kier molecular flexibility index (Phi) is 4.73. The number of hydrogen-bond donors (Lipinski definition) is 1. The van der Waals surface area contributed by atoms with Gasteiger partial charge in [-0.05, 0) is 6.07 Å². The van der Waals surface area contributed by atoms with Crippen molar-refractivity contribution in [3.63, 3.8) is 0 Å². The highest BCUT2D eigenvalue weighted by Gasteiger charge is 2.53. The van der Waals surface area contributed by atoms with Gasteiger partial charge < -0.3 is 14.5 Å². The van der Waals surface area contributed by atoms with Crippen LogP contribution >= 0.6 is 0 Å². The van der Waals surface area contributed by atoms with Crippen LogP contribution in [0.1, 0.15) is 23.3 Å². The summed E-state index contributed by atoms with van der Waals surface area (Å²) in [7, 11) is 0.325. The van der Waals surface area contributed by atoms with Gasteiger partial charge in [0, 0.05) is 45.0 Å². The minimum absolute atomic E-state index is 0.0572. The minimum Gasteiger partial charge on any atom is -0.383 e. The van der Waals surface area contributed by atoms with Crippen molar-refractivity contribution >= 4 is 33.5 Å². The summed E-state index contributed by atoms with van der Waals surface area (Å²) in [4.78, 5) is 28.0. The molecule has 0 radical (unpaired) electrons. The highest BCUT2D eigenvalue weighted by molar-refractivity contribution is 7.87. The van der Waals surface area contributed by atoms with Gasteiger partial charge in [-0.2, -0.15) is 5.10 Å². The third-order valence-electron chi connectivity index (χ3n) is 5.50. The van der Waals surface area contributed by atoms with E-state index in [-0.39, 0.29) is 17.6 Å². The van der Waals surface area contributed by atoms with Crippen molar-refractivity contribution in [3.05, 3.63) is 30.0 Å². The van der Waals surface area contributed by atoms with Gasteiger partial charge in [0.25, 0.3) is 5.91 Å². The molecule has 2 aromatic rings. The molecule has 8 nitrogen and oxygen atoms in total. The number of carbonyl (C=O) groups is 2. The monoisotopic (exact) mass is 390 g/mol. The summed E-state index contributed by atoms with van der Waals surface area (Å²) < 4.78 is 17.8. The number of nitrogens with one attached hydrogen (secondary N) is 1. The number of para-hydroxylation sites is 1. The van der Waals surface area contributed by atoms with Gasteiger partial charge in [0.15, 0.2) is 5.69 Å². The molecule has 1 aromatic heterocycles. The molecule has 3 heterocycles. The average Bonchev–Trinajstić information content (AvgIpc) is 3.20. The van der Waals surface area contributed by atoms with E-state index in [1.807, 2.05) is 24.3 Å². The molecule has 0 bridgehead atoms. The number of likely N-dealkylation sites (tertiary alicyclic amines) is 1. The summed E-state index contributed by atoms with van der Waals surface area (Å²) in [5, 5.41) is 7.87. The van der Waals surface area contributed by atoms with E-state index >= 15 is 0 Å². The number of benzene rings is 1. The second-order valence-corrected chi connectivity index (χ2v) is 8.62. The van der Waals surface area contributed by atoms with Crippen molar-refractivity contribution in [2.75, 3.05) is 39.1 Å². The molecule has 2 aliphatic rings. The minimum atomic E-state index is -1.26. The molecule has 27 heavy (non-hydrogen) atoms. The summed E-state index contributed by atoms with van der Waals surface area (Å²) in [5.74, 6) is -0.175. The molecule has 2 amide bonds. The third-order valence-corrected chi connectivity index (χ3v) is 7.48. The fourth-order valence-corrected chi connectivity index (χ4v) is 5.74. The lowest BCUT2D eigenvalue weighted by Gasteiger charge is -2.43. The second-order valence-electron chi connectivity index (χ2n) is 6.88. The Morgan fingerprint density at radius 1 is 1.33 bits per heavy atom. The number of fused-ring (bicyclic) bond motifs is 1. The number of aromatic nitrogens is 2. The van der Waals surface area contributed by atoms with E-state index in [0.29, 0.717) is 44.8 Å². The number of rotatable bonds is 4. The van der Waals surface area contributed by atoms with Crippen LogP contribution in [0.3, 0.4) is 0 Å². The number of piperidine rings is 1. The summed E-state index contributed by atoms with van der Waals surface area (Å²) in [6, 6.07) is 7.52. The highest BCUT2D eigenvalue weighted by Crippen LogP contribution is 2.37. The Balaban J connectivity index is 1.52. The number of H-pyrrole nitrogens is 1. The van der Waals surface area contributed by atoms with Gasteiger partial charge in [-0.15, -0.1) is 0 Å². The van der Waals surface area contributed by atoms with Crippen molar-refractivity contribution in [1.29, 1.82) is 0 Å². The SMILES string of the molecule is COCCN1C(=O)CS(=O)C12CCN(C(=O)c1n[nH]c3ccccc13)CC2. The Hall–Kier alpha value is -2.26. The lowest BCUT2D eigenvalue weighted by Crippen LogP contribution is -2.56. The van der Waals surface area contributed by atoms with E-state index in [1.165, 1.54) is 0 Å². The van der Waals surface area contributed by atoms with Crippen molar-refractivity contribution in [3.8, 4) is 0 Å². The Morgan fingerprint density at radius 2 is 2.07 bits per heavy atom. The van der Waals surface area contributed by atoms with E-state index in [2.05, 4.69) is 10.2 Å². The molecule has 2 saturated heterocycles. The Bertz CT molecular complexity index is 904. The van der Waals surface area contributed by atoms with Gasteiger partial charge in [0.1, 0.15) is 10.6 Å². The van der Waals surface area contributed by atoms with Gasteiger partial charge in [-0.1, -0.05) is 18.2 Å². The fraction of sp³-hybridized carbons (Fsp3) is 0.500. The van der Waals surface area contributed by atoms with Crippen LogP contribution in [0.15, 0.2) is 24.3 Å². The molecule has 1 spiro atoms. The van der Waals surface area contributed by atoms with Crippen molar-refractivity contribution in [1.82, 2.24) is 20.0 Å². The molecule has 2 aliphatic heterocycles. The van der Waals surface area contributed by atoms with Crippen molar-refractivity contribution in [2.45, 2.75) is 17.7 Å².